The van der Waals surface area contributed by atoms with Crippen LogP contribution in [0.25, 0.3) is 0 Å². The van der Waals surface area contributed by atoms with Crippen LogP contribution in [-0.4, -0.2) is 60.6 Å². The molecule has 0 spiro atoms. The SMILES string of the molecule is CC(COC(C)(C)CCNCCC(C)(C)OCC(C)C(C)(C)OC(=O)C(C)(C)CC(C)(C)C)C(C)(C)OC(=O)C(C)(C)CC(C)(C)C. The summed E-state index contributed by atoms with van der Waals surface area (Å²) in [5, 5.41) is 3.56. The molecule has 7 nitrogen and oxygen atoms in total. The van der Waals surface area contributed by atoms with Gasteiger partial charge in [0.1, 0.15) is 11.2 Å². The second kappa shape index (κ2) is 16.7. The van der Waals surface area contributed by atoms with E-state index in [-0.39, 0.29) is 45.8 Å². The lowest BCUT2D eigenvalue weighted by molar-refractivity contribution is -0.178. The zero-order valence-electron chi connectivity index (χ0n) is 34.8. The van der Waals surface area contributed by atoms with E-state index in [1.165, 1.54) is 0 Å². The highest BCUT2D eigenvalue weighted by atomic mass is 16.6. The summed E-state index contributed by atoms with van der Waals surface area (Å²) in [4.78, 5) is 26.1. The lowest BCUT2D eigenvalue weighted by Gasteiger charge is -2.38. The van der Waals surface area contributed by atoms with Crippen molar-refractivity contribution >= 4 is 11.9 Å². The van der Waals surface area contributed by atoms with Crippen LogP contribution in [0.15, 0.2) is 0 Å². The van der Waals surface area contributed by atoms with Crippen LogP contribution in [0.2, 0.25) is 0 Å². The van der Waals surface area contributed by atoms with Crippen LogP contribution in [0.5, 0.6) is 0 Å². The molecule has 0 aliphatic heterocycles. The van der Waals surface area contributed by atoms with Gasteiger partial charge in [0.15, 0.2) is 0 Å². The van der Waals surface area contributed by atoms with E-state index >= 15 is 0 Å². The van der Waals surface area contributed by atoms with Gasteiger partial charge in [-0.3, -0.25) is 9.59 Å². The Morgan fingerprint density at radius 3 is 1.04 bits per heavy atom. The summed E-state index contributed by atoms with van der Waals surface area (Å²) in [6, 6.07) is 0. The topological polar surface area (TPSA) is 83.1 Å². The van der Waals surface area contributed by atoms with Gasteiger partial charge in [0.2, 0.25) is 0 Å². The molecule has 280 valence electrons. The first-order valence-corrected chi connectivity index (χ1v) is 18.1. The smallest absolute Gasteiger partial charge is 0.312 e. The molecular weight excluding hydrogens is 590 g/mol. The van der Waals surface area contributed by atoms with Gasteiger partial charge < -0.3 is 24.3 Å². The molecule has 0 aromatic rings. The van der Waals surface area contributed by atoms with E-state index in [0.29, 0.717) is 13.2 Å². The minimum Gasteiger partial charge on any atom is -0.459 e. The Balaban J connectivity index is 4.72. The first-order valence-electron chi connectivity index (χ1n) is 18.1. The highest BCUT2D eigenvalue weighted by Gasteiger charge is 2.41. The number of esters is 2. The lowest BCUT2D eigenvalue weighted by atomic mass is 9.76. The second-order valence-electron chi connectivity index (χ2n) is 20.4. The summed E-state index contributed by atoms with van der Waals surface area (Å²) < 4.78 is 24.8. The molecule has 0 fully saturated rings. The van der Waals surface area contributed by atoms with Crippen LogP contribution < -0.4 is 5.32 Å². The number of ether oxygens (including phenoxy) is 4. The molecule has 0 heterocycles. The number of carbonyl (C=O) groups excluding carboxylic acids is 2. The normalized spacial score (nSPS) is 15.7. The number of rotatable bonds is 20. The van der Waals surface area contributed by atoms with Gasteiger partial charge in [0.05, 0.1) is 35.2 Å². The minimum atomic E-state index is -0.636. The van der Waals surface area contributed by atoms with Gasteiger partial charge in [-0.25, -0.2) is 0 Å². The quantitative estimate of drug-likeness (QED) is 0.102. The van der Waals surface area contributed by atoms with Crippen LogP contribution in [-0.2, 0) is 28.5 Å². The molecule has 0 rings (SSSR count). The van der Waals surface area contributed by atoms with Crippen LogP contribution in [0.3, 0.4) is 0 Å². The summed E-state index contributed by atoms with van der Waals surface area (Å²) in [6.07, 6.45) is 3.21. The number of hydrogen-bond acceptors (Lipinski definition) is 7. The average molecular weight is 670 g/mol. The van der Waals surface area contributed by atoms with Gasteiger partial charge in [0, 0.05) is 11.8 Å². The fourth-order valence-corrected chi connectivity index (χ4v) is 5.90. The van der Waals surface area contributed by atoms with Crippen molar-refractivity contribution in [1.82, 2.24) is 5.32 Å². The molecule has 0 aliphatic carbocycles. The van der Waals surface area contributed by atoms with Crippen molar-refractivity contribution in [3.8, 4) is 0 Å². The third-order valence-corrected chi connectivity index (χ3v) is 9.39. The van der Waals surface area contributed by atoms with Crippen molar-refractivity contribution in [1.29, 1.82) is 0 Å². The molecule has 0 saturated carbocycles. The lowest BCUT2D eigenvalue weighted by Crippen LogP contribution is -2.44. The maximum atomic E-state index is 13.1. The summed E-state index contributed by atoms with van der Waals surface area (Å²) in [6.45, 7) is 44.0. The highest BCUT2D eigenvalue weighted by molar-refractivity contribution is 5.77. The molecule has 2 atom stereocenters. The summed E-state index contributed by atoms with van der Waals surface area (Å²) in [5.41, 5.74) is -2.93. The third-order valence-electron chi connectivity index (χ3n) is 9.39. The largest absolute Gasteiger partial charge is 0.459 e. The van der Waals surface area contributed by atoms with Gasteiger partial charge >= 0.3 is 11.9 Å². The van der Waals surface area contributed by atoms with Crippen molar-refractivity contribution < 1.29 is 28.5 Å². The zero-order chi connectivity index (χ0) is 37.5. The molecule has 0 bridgehead atoms. The molecule has 0 amide bonds. The van der Waals surface area contributed by atoms with E-state index in [9.17, 15) is 9.59 Å². The van der Waals surface area contributed by atoms with Crippen LogP contribution >= 0.6 is 0 Å². The molecule has 0 aromatic heterocycles. The molecule has 0 saturated heterocycles. The minimum absolute atomic E-state index is 0.0351. The first-order chi connectivity index (χ1) is 20.6. The molecule has 1 N–H and O–H groups in total. The van der Waals surface area contributed by atoms with E-state index in [0.717, 1.165) is 38.8 Å². The fraction of sp³-hybridized carbons (Fsp3) is 0.950. The van der Waals surface area contributed by atoms with Gasteiger partial charge in [-0.05, 0) is 133 Å². The van der Waals surface area contributed by atoms with Crippen LogP contribution in [0.4, 0.5) is 0 Å². The molecule has 47 heavy (non-hydrogen) atoms. The Morgan fingerprint density at radius 1 is 0.511 bits per heavy atom. The van der Waals surface area contributed by atoms with Gasteiger partial charge in [0.25, 0.3) is 0 Å². The Kier molecular flexibility index (Phi) is 16.3. The van der Waals surface area contributed by atoms with Gasteiger partial charge in [-0.1, -0.05) is 55.4 Å². The van der Waals surface area contributed by atoms with Crippen LogP contribution in [0.1, 0.15) is 164 Å². The Hall–Kier alpha value is -1.18. The number of hydrogen-bond donors (Lipinski definition) is 1. The molecule has 0 aromatic carbocycles. The maximum absolute atomic E-state index is 13.1. The predicted octanol–water partition coefficient (Wildman–Crippen LogP) is 9.79. The van der Waals surface area contributed by atoms with Crippen molar-refractivity contribution in [2.75, 3.05) is 26.3 Å². The van der Waals surface area contributed by atoms with E-state index in [2.05, 4.69) is 88.4 Å². The maximum Gasteiger partial charge on any atom is 0.312 e. The Bertz CT molecular complexity index is 900. The van der Waals surface area contributed by atoms with Crippen molar-refractivity contribution in [3.05, 3.63) is 0 Å². The van der Waals surface area contributed by atoms with Crippen molar-refractivity contribution in [2.24, 2.45) is 33.5 Å². The monoisotopic (exact) mass is 670 g/mol. The molecule has 0 aliphatic rings. The summed E-state index contributed by atoms with van der Waals surface area (Å²) in [7, 11) is 0. The Labute approximate surface area is 291 Å². The van der Waals surface area contributed by atoms with Gasteiger partial charge in [-0.15, -0.1) is 0 Å². The zero-order valence-corrected chi connectivity index (χ0v) is 34.8. The molecule has 0 radical (unpaired) electrons. The second-order valence-corrected chi connectivity index (χ2v) is 20.4. The van der Waals surface area contributed by atoms with E-state index in [1.54, 1.807) is 0 Å². The van der Waals surface area contributed by atoms with Crippen LogP contribution in [0, 0.1) is 33.5 Å². The van der Waals surface area contributed by atoms with E-state index in [1.807, 2.05) is 55.4 Å². The third kappa shape index (κ3) is 18.4. The summed E-state index contributed by atoms with van der Waals surface area (Å²) >= 11 is 0. The predicted molar refractivity (Wildman–Crippen MR) is 197 cm³/mol. The van der Waals surface area contributed by atoms with Crippen molar-refractivity contribution in [3.63, 3.8) is 0 Å². The molecule has 7 heteroatoms. The average Bonchev–Trinajstić information content (AvgIpc) is 2.82. The first kappa shape index (κ1) is 45.8. The summed E-state index contributed by atoms with van der Waals surface area (Å²) in [5.74, 6) is -0.241. The standard InChI is InChI=1S/C40H79NO6/c1-29(39(17,18)46-31(42)35(9,10)27-33(3,4)5)25-44-37(13,14)21-23-41-24-22-38(15,16)45-26-30(2)40(19,20)47-32(43)36(11,12)28-34(6,7)8/h29-30,41H,21-28H2,1-20H3. The van der Waals surface area contributed by atoms with E-state index in [4.69, 9.17) is 18.9 Å². The number of nitrogens with one attached hydrogen (secondary N) is 1. The fourth-order valence-electron chi connectivity index (χ4n) is 5.90. The van der Waals surface area contributed by atoms with E-state index < -0.39 is 22.0 Å². The molecule has 2 unspecified atom stereocenters. The highest BCUT2D eigenvalue weighted by Crippen LogP contribution is 2.38. The van der Waals surface area contributed by atoms with Gasteiger partial charge in [-0.2, -0.15) is 0 Å². The van der Waals surface area contributed by atoms with Crippen molar-refractivity contribution in [2.45, 2.75) is 187 Å². The Morgan fingerprint density at radius 2 is 0.787 bits per heavy atom. The number of carbonyl (C=O) groups is 2. The molecular formula is C40H79NO6.